The highest BCUT2D eigenvalue weighted by Crippen LogP contribution is 2.22. The third-order valence-corrected chi connectivity index (χ3v) is 5.15. The molecule has 0 aliphatic carbocycles. The van der Waals surface area contributed by atoms with Gasteiger partial charge in [0.15, 0.2) is 0 Å². The Morgan fingerprint density at radius 2 is 1.91 bits per heavy atom. The van der Waals surface area contributed by atoms with Crippen LogP contribution in [-0.4, -0.2) is 21.5 Å². The monoisotopic (exact) mass is 330 g/mol. The average Bonchev–Trinajstić information content (AvgIpc) is 3.21. The van der Waals surface area contributed by atoms with Crippen molar-refractivity contribution in [2.75, 3.05) is 6.54 Å². The Labute approximate surface area is 138 Å². The van der Waals surface area contributed by atoms with Gasteiger partial charge in [-0.1, -0.05) is 36.4 Å². The molecule has 1 unspecified atom stereocenters. The molecule has 0 radical (unpaired) electrons. The summed E-state index contributed by atoms with van der Waals surface area (Å²) in [5.41, 5.74) is 3.11. The number of thiophene rings is 1. The zero-order chi connectivity index (χ0) is 15.2. The molecule has 1 atom stereocenters. The Balaban J connectivity index is 1.70. The van der Waals surface area contributed by atoms with Crippen molar-refractivity contribution in [1.29, 1.82) is 0 Å². The standard InChI is InChI=1S/C17H18N2OS2/c20-16(17-7-4-8-21-17)12-19(11-15-9-18-13-22-15)10-14-5-2-1-3-6-14/h1-9,13,16,20H,10-12H2. The molecule has 0 amide bonds. The molecule has 2 heterocycles. The van der Waals surface area contributed by atoms with E-state index in [1.807, 2.05) is 35.3 Å². The van der Waals surface area contributed by atoms with E-state index >= 15 is 0 Å². The van der Waals surface area contributed by atoms with Gasteiger partial charge in [-0.05, 0) is 17.0 Å². The number of hydrogen-bond acceptors (Lipinski definition) is 5. The maximum absolute atomic E-state index is 10.4. The Morgan fingerprint density at radius 3 is 2.59 bits per heavy atom. The van der Waals surface area contributed by atoms with Crippen LogP contribution in [0, 0.1) is 0 Å². The van der Waals surface area contributed by atoms with Gasteiger partial charge in [-0.3, -0.25) is 9.88 Å². The fraction of sp³-hybridized carbons (Fsp3) is 0.235. The zero-order valence-corrected chi connectivity index (χ0v) is 13.8. The second-order valence-electron chi connectivity index (χ2n) is 5.15. The summed E-state index contributed by atoms with van der Waals surface area (Å²) in [6.45, 7) is 2.25. The predicted molar refractivity (Wildman–Crippen MR) is 91.9 cm³/mol. The number of rotatable bonds is 7. The fourth-order valence-corrected chi connectivity index (χ4v) is 3.72. The number of thiazole rings is 1. The minimum absolute atomic E-state index is 0.448. The molecule has 1 N–H and O–H groups in total. The average molecular weight is 330 g/mol. The highest BCUT2D eigenvalue weighted by atomic mass is 32.1. The molecule has 1 aromatic carbocycles. The molecule has 0 saturated heterocycles. The van der Waals surface area contributed by atoms with Crippen molar-refractivity contribution >= 4 is 22.7 Å². The van der Waals surface area contributed by atoms with Crippen molar-refractivity contribution in [2.24, 2.45) is 0 Å². The molecule has 114 valence electrons. The van der Waals surface area contributed by atoms with Gasteiger partial charge in [0.25, 0.3) is 0 Å². The van der Waals surface area contributed by atoms with Crippen LogP contribution in [-0.2, 0) is 13.1 Å². The van der Waals surface area contributed by atoms with Crippen LogP contribution in [0.15, 0.2) is 59.6 Å². The smallest absolute Gasteiger partial charge is 0.101 e. The first-order chi connectivity index (χ1) is 10.8. The maximum atomic E-state index is 10.4. The molecule has 0 bridgehead atoms. The van der Waals surface area contributed by atoms with Gasteiger partial charge < -0.3 is 5.11 Å². The van der Waals surface area contributed by atoms with Crippen LogP contribution in [0.5, 0.6) is 0 Å². The van der Waals surface area contributed by atoms with E-state index in [1.54, 1.807) is 22.7 Å². The predicted octanol–water partition coefficient (Wildman–Crippen LogP) is 3.94. The molecule has 0 saturated carbocycles. The van der Waals surface area contributed by atoms with Crippen molar-refractivity contribution in [3.05, 3.63) is 74.9 Å². The molecule has 3 nitrogen and oxygen atoms in total. The maximum Gasteiger partial charge on any atom is 0.101 e. The molecule has 5 heteroatoms. The van der Waals surface area contributed by atoms with Crippen LogP contribution < -0.4 is 0 Å². The molecule has 2 aromatic heterocycles. The lowest BCUT2D eigenvalue weighted by Gasteiger charge is -2.24. The van der Waals surface area contributed by atoms with Crippen LogP contribution in [0.25, 0.3) is 0 Å². The van der Waals surface area contributed by atoms with Crippen LogP contribution in [0.4, 0.5) is 0 Å². The second-order valence-corrected chi connectivity index (χ2v) is 7.10. The summed E-state index contributed by atoms with van der Waals surface area (Å²) >= 11 is 3.26. The Morgan fingerprint density at radius 1 is 1.05 bits per heavy atom. The van der Waals surface area contributed by atoms with Crippen molar-refractivity contribution in [3.8, 4) is 0 Å². The third kappa shape index (κ3) is 4.24. The summed E-state index contributed by atoms with van der Waals surface area (Å²) < 4.78 is 0. The molecule has 0 aliphatic heterocycles. The fourth-order valence-electron chi connectivity index (χ4n) is 2.38. The number of aliphatic hydroxyl groups is 1. The summed E-state index contributed by atoms with van der Waals surface area (Å²) in [4.78, 5) is 8.65. The lowest BCUT2D eigenvalue weighted by molar-refractivity contribution is 0.108. The Bertz CT molecular complexity index is 653. The number of hydrogen-bond donors (Lipinski definition) is 1. The first-order valence-electron chi connectivity index (χ1n) is 7.16. The van der Waals surface area contributed by atoms with E-state index in [0.29, 0.717) is 6.54 Å². The summed E-state index contributed by atoms with van der Waals surface area (Å²) in [5, 5.41) is 12.4. The first kappa shape index (κ1) is 15.4. The molecule has 0 aliphatic rings. The van der Waals surface area contributed by atoms with Gasteiger partial charge in [0.2, 0.25) is 0 Å². The quantitative estimate of drug-likeness (QED) is 0.713. The second kappa shape index (κ2) is 7.65. The van der Waals surface area contributed by atoms with Crippen LogP contribution >= 0.6 is 22.7 Å². The molecular formula is C17H18N2OS2. The van der Waals surface area contributed by atoms with Crippen LogP contribution in [0.1, 0.15) is 21.4 Å². The third-order valence-electron chi connectivity index (χ3n) is 3.41. The van der Waals surface area contributed by atoms with Crippen molar-refractivity contribution < 1.29 is 5.11 Å². The highest BCUT2D eigenvalue weighted by molar-refractivity contribution is 7.10. The van der Waals surface area contributed by atoms with E-state index in [2.05, 4.69) is 34.1 Å². The SMILES string of the molecule is OC(CN(Cc1ccccc1)Cc1cncs1)c1cccs1. The lowest BCUT2D eigenvalue weighted by Crippen LogP contribution is -2.27. The molecule has 3 rings (SSSR count). The molecule has 22 heavy (non-hydrogen) atoms. The van der Waals surface area contributed by atoms with Gasteiger partial charge in [0.1, 0.15) is 6.10 Å². The summed E-state index contributed by atoms with van der Waals surface area (Å²) in [6, 6.07) is 14.3. The van der Waals surface area contributed by atoms with E-state index < -0.39 is 6.10 Å². The number of benzene rings is 1. The topological polar surface area (TPSA) is 36.4 Å². The van der Waals surface area contributed by atoms with E-state index in [-0.39, 0.29) is 0 Å². The normalized spacial score (nSPS) is 12.6. The van der Waals surface area contributed by atoms with Gasteiger partial charge in [-0.2, -0.15) is 0 Å². The number of aliphatic hydroxyl groups excluding tert-OH is 1. The Hall–Kier alpha value is -1.53. The van der Waals surface area contributed by atoms with E-state index in [4.69, 9.17) is 0 Å². The lowest BCUT2D eigenvalue weighted by atomic mass is 10.2. The van der Waals surface area contributed by atoms with E-state index in [9.17, 15) is 5.11 Å². The largest absolute Gasteiger partial charge is 0.386 e. The number of nitrogens with zero attached hydrogens (tertiary/aromatic N) is 2. The molecule has 3 aromatic rings. The van der Waals surface area contributed by atoms with Crippen LogP contribution in [0.2, 0.25) is 0 Å². The summed E-state index contributed by atoms with van der Waals surface area (Å²) in [5.74, 6) is 0. The zero-order valence-electron chi connectivity index (χ0n) is 12.1. The molecule has 0 fully saturated rings. The Kier molecular flexibility index (Phi) is 5.34. The van der Waals surface area contributed by atoms with E-state index in [0.717, 1.165) is 18.0 Å². The van der Waals surface area contributed by atoms with Crippen LogP contribution in [0.3, 0.4) is 0 Å². The van der Waals surface area contributed by atoms with Crippen molar-refractivity contribution in [2.45, 2.75) is 19.2 Å². The van der Waals surface area contributed by atoms with Gasteiger partial charge >= 0.3 is 0 Å². The minimum atomic E-state index is -0.448. The van der Waals surface area contributed by atoms with Gasteiger partial charge in [-0.15, -0.1) is 22.7 Å². The first-order valence-corrected chi connectivity index (χ1v) is 8.92. The highest BCUT2D eigenvalue weighted by Gasteiger charge is 2.16. The summed E-state index contributed by atoms with van der Waals surface area (Å²) in [6.07, 6.45) is 1.46. The minimum Gasteiger partial charge on any atom is -0.386 e. The van der Waals surface area contributed by atoms with Gasteiger partial charge in [-0.25, -0.2) is 0 Å². The van der Waals surface area contributed by atoms with Gasteiger partial charge in [0, 0.05) is 35.6 Å². The van der Waals surface area contributed by atoms with Gasteiger partial charge in [0.05, 0.1) is 5.51 Å². The molecule has 0 spiro atoms. The van der Waals surface area contributed by atoms with E-state index in [1.165, 1.54) is 10.4 Å². The summed E-state index contributed by atoms with van der Waals surface area (Å²) in [7, 11) is 0. The van der Waals surface area contributed by atoms with Crippen molar-refractivity contribution in [1.82, 2.24) is 9.88 Å². The van der Waals surface area contributed by atoms with Crippen molar-refractivity contribution in [3.63, 3.8) is 0 Å². The molecular weight excluding hydrogens is 312 g/mol. The number of aromatic nitrogens is 1.